The van der Waals surface area contributed by atoms with E-state index in [0.717, 1.165) is 53.2 Å². The van der Waals surface area contributed by atoms with Gasteiger partial charge in [-0.15, -0.1) is 0 Å². The average molecular weight is 439 g/mol. The normalized spacial score (nSPS) is 17.8. The third-order valence-corrected chi connectivity index (χ3v) is 6.62. The van der Waals surface area contributed by atoms with E-state index in [9.17, 15) is 4.39 Å². The van der Waals surface area contributed by atoms with Crippen molar-refractivity contribution in [3.63, 3.8) is 0 Å². The van der Waals surface area contributed by atoms with Gasteiger partial charge in [0.1, 0.15) is 18.2 Å². The molecule has 0 bridgehead atoms. The molecule has 2 aliphatic rings. The highest BCUT2D eigenvalue weighted by Crippen LogP contribution is 2.41. The Morgan fingerprint density at radius 1 is 1.12 bits per heavy atom. The lowest BCUT2D eigenvalue weighted by molar-refractivity contribution is 0.188. The van der Waals surface area contributed by atoms with Crippen molar-refractivity contribution in [1.29, 1.82) is 0 Å². The van der Waals surface area contributed by atoms with E-state index in [-0.39, 0.29) is 5.82 Å². The number of nitrogens with one attached hydrogen (secondary N) is 1. The van der Waals surface area contributed by atoms with Gasteiger partial charge in [-0.25, -0.2) is 9.24 Å². The number of H-pyrrole nitrogens is 1. The van der Waals surface area contributed by atoms with E-state index in [1.54, 1.807) is 24.3 Å². The summed E-state index contributed by atoms with van der Waals surface area (Å²) in [5, 5.41) is 8.42. The van der Waals surface area contributed by atoms with Gasteiger partial charge in [0.2, 0.25) is 0 Å². The standard InChI is InChI=1S/C26H22FN5O/c1-28-22-13-23-20(12-19(22)18-5-3-4-6-21(18)27)26(30-29-23)16-7-8-24-25(11-16)33-15-17-14-31(2)9-10-32(17)24/h3-8,11-13,17H,9-10,14-15H2,2H3,(H,29,30). The van der Waals surface area contributed by atoms with Gasteiger partial charge in [-0.05, 0) is 36.9 Å². The maximum Gasteiger partial charge on any atom is 0.197 e. The van der Waals surface area contributed by atoms with Crippen LogP contribution in [0.25, 0.3) is 38.1 Å². The lowest BCUT2D eigenvalue weighted by Crippen LogP contribution is -2.56. The fourth-order valence-electron chi connectivity index (χ4n) is 4.93. The molecule has 3 aromatic carbocycles. The Morgan fingerprint density at radius 3 is 2.85 bits per heavy atom. The number of hydrogen-bond acceptors (Lipinski definition) is 4. The van der Waals surface area contributed by atoms with E-state index in [2.05, 4.69) is 44.0 Å². The summed E-state index contributed by atoms with van der Waals surface area (Å²) in [6, 6.07) is 16.7. The van der Waals surface area contributed by atoms with Crippen LogP contribution in [0.4, 0.5) is 15.8 Å². The van der Waals surface area contributed by atoms with Gasteiger partial charge in [0.05, 0.1) is 29.5 Å². The molecule has 4 aromatic rings. The number of likely N-dealkylation sites (N-methyl/N-ethyl adjacent to an activating group) is 1. The molecule has 0 spiro atoms. The summed E-state index contributed by atoms with van der Waals surface area (Å²) in [7, 11) is 2.15. The molecule has 3 heterocycles. The fraction of sp³-hybridized carbons (Fsp3) is 0.231. The van der Waals surface area contributed by atoms with Gasteiger partial charge in [-0.1, -0.05) is 30.3 Å². The Labute approximate surface area is 191 Å². The molecule has 6 nitrogen and oxygen atoms in total. The van der Waals surface area contributed by atoms with Crippen LogP contribution in [-0.4, -0.2) is 54.4 Å². The predicted molar refractivity (Wildman–Crippen MR) is 127 cm³/mol. The molecule has 1 saturated heterocycles. The first-order chi connectivity index (χ1) is 16.1. The van der Waals surface area contributed by atoms with Gasteiger partial charge in [-0.2, -0.15) is 5.10 Å². The monoisotopic (exact) mass is 439 g/mol. The summed E-state index contributed by atoms with van der Waals surface area (Å²) < 4.78 is 20.7. The van der Waals surface area contributed by atoms with Crippen LogP contribution in [0.15, 0.2) is 54.6 Å². The molecule has 0 radical (unpaired) electrons. The summed E-state index contributed by atoms with van der Waals surface area (Å²) in [5.41, 5.74) is 4.89. The summed E-state index contributed by atoms with van der Waals surface area (Å²) >= 11 is 0. The van der Waals surface area contributed by atoms with E-state index >= 15 is 0 Å². The van der Waals surface area contributed by atoms with E-state index in [0.29, 0.717) is 29.5 Å². The van der Waals surface area contributed by atoms with Crippen LogP contribution in [0.5, 0.6) is 5.75 Å². The Morgan fingerprint density at radius 2 is 2.00 bits per heavy atom. The molecular formula is C26H22FN5O. The molecule has 1 fully saturated rings. The number of hydrogen-bond donors (Lipinski definition) is 1. The SMILES string of the molecule is [C-]#[N+]c1cc2[nH]nc(-c3ccc4c(c3)OCC3CN(C)CCN43)c2cc1-c1ccccc1F. The van der Waals surface area contributed by atoms with Gasteiger partial charge < -0.3 is 14.5 Å². The summed E-state index contributed by atoms with van der Waals surface area (Å²) in [5.74, 6) is 0.507. The second kappa shape index (κ2) is 7.61. The van der Waals surface area contributed by atoms with Crippen LogP contribution in [0, 0.1) is 12.4 Å². The van der Waals surface area contributed by atoms with Gasteiger partial charge in [0.25, 0.3) is 0 Å². The molecule has 6 rings (SSSR count). The molecule has 7 heteroatoms. The molecule has 33 heavy (non-hydrogen) atoms. The van der Waals surface area contributed by atoms with Crippen LogP contribution >= 0.6 is 0 Å². The largest absolute Gasteiger partial charge is 0.489 e. The highest BCUT2D eigenvalue weighted by atomic mass is 19.1. The second-order valence-corrected chi connectivity index (χ2v) is 8.68. The van der Waals surface area contributed by atoms with Crippen molar-refractivity contribution in [2.24, 2.45) is 0 Å². The van der Waals surface area contributed by atoms with E-state index in [1.165, 1.54) is 6.07 Å². The van der Waals surface area contributed by atoms with Crippen molar-refractivity contribution < 1.29 is 9.13 Å². The lowest BCUT2D eigenvalue weighted by Gasteiger charge is -2.44. The van der Waals surface area contributed by atoms with Crippen LogP contribution in [0.3, 0.4) is 0 Å². The number of aromatic amines is 1. The zero-order chi connectivity index (χ0) is 22.5. The summed E-state index contributed by atoms with van der Waals surface area (Å²) in [6.45, 7) is 11.3. The van der Waals surface area contributed by atoms with Crippen molar-refractivity contribution in [2.75, 3.05) is 38.2 Å². The number of anilines is 1. The lowest BCUT2D eigenvalue weighted by atomic mass is 9.98. The number of fused-ring (bicyclic) bond motifs is 4. The molecule has 0 aliphatic carbocycles. The summed E-state index contributed by atoms with van der Waals surface area (Å²) in [6.07, 6.45) is 0. The molecule has 0 saturated carbocycles. The number of nitrogens with zero attached hydrogens (tertiary/aromatic N) is 4. The molecule has 164 valence electrons. The van der Waals surface area contributed by atoms with Gasteiger partial charge in [-0.3, -0.25) is 5.10 Å². The number of rotatable bonds is 2. The van der Waals surface area contributed by atoms with Crippen LogP contribution in [0.1, 0.15) is 0 Å². The van der Waals surface area contributed by atoms with Gasteiger partial charge >= 0.3 is 0 Å². The van der Waals surface area contributed by atoms with Crippen molar-refractivity contribution in [1.82, 2.24) is 15.1 Å². The highest BCUT2D eigenvalue weighted by molar-refractivity contribution is 6.00. The fourth-order valence-corrected chi connectivity index (χ4v) is 4.93. The first kappa shape index (κ1) is 19.8. The van der Waals surface area contributed by atoms with Gasteiger partial charge in [0.15, 0.2) is 5.69 Å². The minimum Gasteiger partial charge on any atom is -0.489 e. The predicted octanol–water partition coefficient (Wildman–Crippen LogP) is 5.10. The van der Waals surface area contributed by atoms with Crippen LogP contribution in [0.2, 0.25) is 0 Å². The highest BCUT2D eigenvalue weighted by Gasteiger charge is 2.32. The number of halogens is 1. The Bertz CT molecular complexity index is 1420. The molecule has 1 atom stereocenters. The first-order valence-electron chi connectivity index (χ1n) is 11.0. The van der Waals surface area contributed by atoms with E-state index < -0.39 is 0 Å². The van der Waals surface area contributed by atoms with Crippen molar-refractivity contribution in [3.05, 3.63) is 71.8 Å². The zero-order valence-electron chi connectivity index (χ0n) is 18.2. The third-order valence-electron chi connectivity index (χ3n) is 6.62. The van der Waals surface area contributed by atoms with E-state index in [1.807, 2.05) is 12.1 Å². The minimum absolute atomic E-state index is 0.351. The number of benzene rings is 3. The minimum atomic E-state index is -0.351. The molecule has 1 aromatic heterocycles. The Kier molecular flexibility index (Phi) is 4.56. The smallest absolute Gasteiger partial charge is 0.197 e. The van der Waals surface area contributed by atoms with Crippen molar-refractivity contribution in [3.8, 4) is 28.1 Å². The second-order valence-electron chi connectivity index (χ2n) is 8.68. The van der Waals surface area contributed by atoms with Crippen molar-refractivity contribution >= 4 is 22.3 Å². The van der Waals surface area contributed by atoms with E-state index in [4.69, 9.17) is 11.3 Å². The Hall–Kier alpha value is -3.89. The first-order valence-corrected chi connectivity index (χ1v) is 11.0. The Balaban J connectivity index is 1.45. The third kappa shape index (κ3) is 3.22. The van der Waals surface area contributed by atoms with Gasteiger partial charge in [0, 0.05) is 36.1 Å². The molecule has 0 amide bonds. The quantitative estimate of drug-likeness (QED) is 0.442. The molecule has 1 N–H and O–H groups in total. The number of piperazine rings is 1. The maximum absolute atomic E-state index is 14.5. The van der Waals surface area contributed by atoms with Crippen LogP contribution < -0.4 is 9.64 Å². The maximum atomic E-state index is 14.5. The summed E-state index contributed by atoms with van der Waals surface area (Å²) in [4.78, 5) is 8.40. The topological polar surface area (TPSA) is 48.8 Å². The number of aromatic nitrogens is 2. The molecular weight excluding hydrogens is 417 g/mol. The van der Waals surface area contributed by atoms with Crippen LogP contribution in [-0.2, 0) is 0 Å². The molecule has 1 unspecified atom stereocenters. The number of ether oxygens (including phenoxy) is 1. The zero-order valence-corrected chi connectivity index (χ0v) is 18.2. The average Bonchev–Trinajstić information content (AvgIpc) is 3.25. The molecule has 2 aliphatic heterocycles. The van der Waals surface area contributed by atoms with Crippen molar-refractivity contribution in [2.45, 2.75) is 6.04 Å².